The van der Waals surface area contributed by atoms with Crippen molar-refractivity contribution in [3.63, 3.8) is 0 Å². The van der Waals surface area contributed by atoms with Crippen molar-refractivity contribution in [1.82, 2.24) is 54.8 Å². The first-order valence-electron chi connectivity index (χ1n) is 12.8. The summed E-state index contributed by atoms with van der Waals surface area (Å²) in [7, 11) is 1.53. The molecular weight excluding hydrogens is 785 g/mol. The first kappa shape index (κ1) is 41.1. The highest BCUT2D eigenvalue weighted by Gasteiger charge is 2.06. The average molecular weight is 805 g/mol. The topological polar surface area (TPSA) is 254 Å². The predicted molar refractivity (Wildman–Crippen MR) is 188 cm³/mol. The van der Waals surface area contributed by atoms with Gasteiger partial charge in [0.05, 0.1) is 47.8 Å². The summed E-state index contributed by atoms with van der Waals surface area (Å²) >= 11 is 33.3. The second-order valence-corrected chi connectivity index (χ2v) is 10.3. The zero-order valence-corrected chi connectivity index (χ0v) is 29.4. The molecule has 6 heterocycles. The molecule has 0 unspecified atom stereocenters. The first-order valence-corrected chi connectivity index (χ1v) is 15.0. The smallest absolute Gasteiger partial charge is 0.254 e. The van der Waals surface area contributed by atoms with Crippen molar-refractivity contribution in [2.75, 3.05) is 12.8 Å². The van der Waals surface area contributed by atoms with Crippen molar-refractivity contribution in [1.29, 1.82) is 0 Å². The molecule has 17 nitrogen and oxygen atoms in total. The van der Waals surface area contributed by atoms with Crippen LogP contribution in [0.3, 0.4) is 0 Å². The SMILES string of the molecule is CO/C=C/c1c(N)ncnc1Cl.Clc1ncnc2[nH]ccc12.O=Cc1c(Cl)ncnc1Cl.O=Cc1c(Cl)ncnc1Cl.O=c1cc(O)nc[nH]1. The fourth-order valence-corrected chi connectivity index (χ4v) is 3.99. The number of carbonyl (C=O) groups excluding carboxylic acids is 2. The largest absolute Gasteiger partial charge is 0.504 e. The van der Waals surface area contributed by atoms with Gasteiger partial charge >= 0.3 is 0 Å². The van der Waals surface area contributed by atoms with Gasteiger partial charge in [-0.05, 0) is 12.1 Å². The van der Waals surface area contributed by atoms with E-state index in [1.807, 2.05) is 6.07 Å². The van der Waals surface area contributed by atoms with Gasteiger partial charge in [0.1, 0.15) is 67.7 Å². The summed E-state index contributed by atoms with van der Waals surface area (Å²) in [5.41, 5.74) is 6.78. The number of nitrogens with zero attached hydrogens (tertiary/aromatic N) is 9. The van der Waals surface area contributed by atoms with Gasteiger partial charge in [-0.2, -0.15) is 0 Å². The maximum absolute atomic E-state index is 10.2. The molecule has 0 spiro atoms. The number of hydrogen-bond acceptors (Lipinski definition) is 15. The Morgan fingerprint density at radius 1 is 0.700 bits per heavy atom. The number of nitrogens with one attached hydrogen (secondary N) is 2. The van der Waals surface area contributed by atoms with Crippen LogP contribution in [0.4, 0.5) is 5.82 Å². The molecule has 50 heavy (non-hydrogen) atoms. The number of aromatic hydroxyl groups is 1. The zero-order chi connectivity index (χ0) is 37.1. The van der Waals surface area contributed by atoms with Gasteiger partial charge in [-0.25, -0.2) is 44.9 Å². The fourth-order valence-electron chi connectivity index (χ4n) is 2.78. The number of H-pyrrole nitrogens is 2. The number of rotatable bonds is 4. The van der Waals surface area contributed by atoms with Crippen LogP contribution in [0.5, 0.6) is 5.88 Å². The highest BCUT2D eigenvalue weighted by Crippen LogP contribution is 2.19. The highest BCUT2D eigenvalue weighted by molar-refractivity contribution is 6.37. The molecule has 0 bridgehead atoms. The first-order chi connectivity index (χ1) is 23.9. The Kier molecular flexibility index (Phi) is 18.0. The Morgan fingerprint density at radius 3 is 1.58 bits per heavy atom. The van der Waals surface area contributed by atoms with Crippen LogP contribution in [0.1, 0.15) is 26.3 Å². The van der Waals surface area contributed by atoms with Gasteiger partial charge in [0.25, 0.3) is 5.56 Å². The molecule has 0 aliphatic carbocycles. The van der Waals surface area contributed by atoms with Crippen LogP contribution in [-0.4, -0.2) is 79.6 Å². The molecule has 6 aromatic heterocycles. The van der Waals surface area contributed by atoms with Gasteiger partial charge in [-0.3, -0.25) is 14.4 Å². The van der Waals surface area contributed by atoms with E-state index >= 15 is 0 Å². The number of aromatic nitrogens is 11. The van der Waals surface area contributed by atoms with E-state index in [4.69, 9.17) is 85.2 Å². The third-order valence-electron chi connectivity index (χ3n) is 5.02. The Balaban J connectivity index is 0.000000218. The number of aldehydes is 2. The molecule has 23 heteroatoms. The van der Waals surface area contributed by atoms with Crippen molar-refractivity contribution >= 4 is 105 Å². The molecule has 0 amide bonds. The van der Waals surface area contributed by atoms with Crippen molar-refractivity contribution in [3.8, 4) is 5.88 Å². The van der Waals surface area contributed by atoms with Crippen LogP contribution >= 0.6 is 69.6 Å². The van der Waals surface area contributed by atoms with E-state index in [-0.39, 0.29) is 43.2 Å². The summed E-state index contributed by atoms with van der Waals surface area (Å²) in [6, 6.07) is 2.84. The molecule has 0 aromatic carbocycles. The standard InChI is InChI=1S/C7H8ClN3O.C6H4ClN3.2C5H2Cl2N2O.C4H4N2O2/c1-12-3-2-5-6(8)10-4-11-7(5)9;7-5-4-1-2-8-6(4)10-3-9-5;2*6-4-3(1-10)5(7)9-2-8-4;7-3-1-4(8)6-2-5-3/h2-4H,1H3,(H2,9,10,11);1-3H,(H,8,9,10);2*1-2H;1-2H,(H2,5,6,7,8)/b3-2+;;;;. The molecule has 0 saturated carbocycles. The number of hydrogen-bond donors (Lipinski definition) is 4. The summed E-state index contributed by atoms with van der Waals surface area (Å²) in [6.45, 7) is 0. The van der Waals surface area contributed by atoms with Crippen molar-refractivity contribution in [3.05, 3.63) is 114 Å². The number of anilines is 1. The molecular formula is C27H20Cl6N12O5. The van der Waals surface area contributed by atoms with Crippen LogP contribution < -0.4 is 11.3 Å². The monoisotopic (exact) mass is 802 g/mol. The molecule has 0 fully saturated rings. The Morgan fingerprint density at radius 2 is 1.18 bits per heavy atom. The van der Waals surface area contributed by atoms with Gasteiger partial charge in [0, 0.05) is 6.20 Å². The number of methoxy groups -OCH3 is 1. The number of carbonyl (C=O) groups is 2. The lowest BCUT2D eigenvalue weighted by molar-refractivity contribution is 0.111. The lowest BCUT2D eigenvalue weighted by atomic mass is 10.3. The molecule has 6 rings (SSSR count). The quantitative estimate of drug-likeness (QED) is 0.0960. The van der Waals surface area contributed by atoms with Gasteiger partial charge in [-0.15, -0.1) is 0 Å². The van der Waals surface area contributed by atoms with Crippen molar-refractivity contribution in [2.24, 2.45) is 0 Å². The number of ether oxygens (including phenoxy) is 1. The van der Waals surface area contributed by atoms with Crippen LogP contribution in [0.15, 0.2) is 61.0 Å². The Hall–Kier alpha value is -5.04. The third kappa shape index (κ3) is 13.5. The maximum Gasteiger partial charge on any atom is 0.254 e. The van der Waals surface area contributed by atoms with E-state index in [9.17, 15) is 14.4 Å². The summed E-state index contributed by atoms with van der Waals surface area (Å²) in [5.74, 6) is 0.0806. The number of aromatic amines is 2. The molecule has 0 radical (unpaired) electrons. The predicted octanol–water partition coefficient (Wildman–Crippen LogP) is 5.61. The normalized spacial score (nSPS) is 9.82. The summed E-state index contributed by atoms with van der Waals surface area (Å²) < 4.78 is 4.71. The lowest BCUT2D eigenvalue weighted by Gasteiger charge is -1.99. The molecule has 5 N–H and O–H groups in total. The van der Waals surface area contributed by atoms with Crippen molar-refractivity contribution in [2.45, 2.75) is 0 Å². The van der Waals surface area contributed by atoms with E-state index in [1.54, 1.807) is 12.3 Å². The zero-order valence-electron chi connectivity index (χ0n) is 24.9. The summed E-state index contributed by atoms with van der Waals surface area (Å²) in [5, 5.41) is 10.5. The number of halogens is 6. The molecule has 0 aliphatic heterocycles. The molecule has 6 aromatic rings. The second kappa shape index (κ2) is 21.8. The number of fused-ring (bicyclic) bond motifs is 1. The highest BCUT2D eigenvalue weighted by atomic mass is 35.5. The minimum atomic E-state index is -0.350. The Labute approximate surface area is 310 Å². The van der Waals surface area contributed by atoms with Crippen LogP contribution in [0, 0.1) is 0 Å². The van der Waals surface area contributed by atoms with Gasteiger partial charge in [0.15, 0.2) is 12.6 Å². The number of nitrogens with two attached hydrogens (primary N) is 1. The Bertz CT molecular complexity index is 1990. The summed E-state index contributed by atoms with van der Waals surface area (Å²) in [6.07, 6.45) is 12.1. The minimum Gasteiger partial charge on any atom is -0.504 e. The van der Waals surface area contributed by atoms with Crippen LogP contribution in [0.2, 0.25) is 30.9 Å². The average Bonchev–Trinajstić information content (AvgIpc) is 3.57. The second-order valence-electron chi connectivity index (χ2n) is 8.15. The summed E-state index contributed by atoms with van der Waals surface area (Å²) in [4.78, 5) is 68.6. The maximum atomic E-state index is 10.2. The van der Waals surface area contributed by atoms with E-state index in [0.717, 1.165) is 23.4 Å². The molecule has 0 atom stereocenters. The van der Waals surface area contributed by atoms with Crippen LogP contribution in [0.25, 0.3) is 17.1 Å². The number of nitrogen functional groups attached to an aromatic ring is 1. The van der Waals surface area contributed by atoms with E-state index in [0.29, 0.717) is 34.3 Å². The van der Waals surface area contributed by atoms with E-state index < -0.39 is 0 Å². The fraction of sp³-hybridized carbons (Fsp3) is 0.0370. The van der Waals surface area contributed by atoms with E-state index in [1.165, 1.54) is 38.7 Å². The minimum absolute atomic E-state index is 0.0787. The van der Waals surface area contributed by atoms with Crippen molar-refractivity contribution < 1.29 is 19.4 Å². The molecule has 0 saturated heterocycles. The van der Waals surface area contributed by atoms with Gasteiger partial charge < -0.3 is 25.5 Å². The van der Waals surface area contributed by atoms with Gasteiger partial charge in [-0.1, -0.05) is 69.6 Å². The lowest BCUT2D eigenvalue weighted by Crippen LogP contribution is -2.01. The molecule has 260 valence electrons. The van der Waals surface area contributed by atoms with Gasteiger partial charge in [0.2, 0.25) is 5.88 Å². The third-order valence-corrected chi connectivity index (χ3v) is 6.82. The van der Waals surface area contributed by atoms with E-state index in [2.05, 4.69) is 54.8 Å². The van der Waals surface area contributed by atoms with Crippen LogP contribution in [-0.2, 0) is 4.74 Å². The molecule has 0 aliphatic rings.